The zero-order valence-corrected chi connectivity index (χ0v) is 19.3. The molecule has 178 valence electrons. The van der Waals surface area contributed by atoms with Crippen LogP contribution in [0.3, 0.4) is 0 Å². The highest BCUT2D eigenvalue weighted by Gasteiger charge is 2.46. The summed E-state index contributed by atoms with van der Waals surface area (Å²) >= 11 is 0. The van der Waals surface area contributed by atoms with Crippen LogP contribution in [0.25, 0.3) is 5.76 Å². The van der Waals surface area contributed by atoms with Gasteiger partial charge in [-0.05, 0) is 59.2 Å². The molecule has 0 aliphatic carbocycles. The van der Waals surface area contributed by atoms with E-state index in [1.807, 2.05) is 36.4 Å². The third-order valence-corrected chi connectivity index (χ3v) is 6.01. The lowest BCUT2D eigenvalue weighted by Crippen LogP contribution is -2.29. The van der Waals surface area contributed by atoms with Gasteiger partial charge < -0.3 is 14.7 Å². The average Bonchev–Trinajstić information content (AvgIpc) is 3.18. The van der Waals surface area contributed by atoms with E-state index in [0.717, 1.165) is 11.1 Å². The maximum absolute atomic E-state index is 13.2. The van der Waals surface area contributed by atoms with Crippen LogP contribution in [0.1, 0.15) is 28.3 Å². The van der Waals surface area contributed by atoms with E-state index in [1.165, 1.54) is 4.90 Å². The number of amides is 1. The Morgan fingerprint density at radius 2 is 1.56 bits per heavy atom. The molecule has 2 aromatic carbocycles. The molecule has 1 atom stereocenters. The van der Waals surface area contributed by atoms with Crippen LogP contribution in [-0.4, -0.2) is 31.7 Å². The highest BCUT2D eigenvalue weighted by atomic mass is 16.5. The van der Waals surface area contributed by atoms with Gasteiger partial charge in [-0.2, -0.15) is 0 Å². The van der Waals surface area contributed by atoms with Crippen LogP contribution < -0.4 is 4.74 Å². The molecule has 1 N–H and O–H groups in total. The van der Waals surface area contributed by atoms with Crippen molar-refractivity contribution in [3.63, 3.8) is 0 Å². The summed E-state index contributed by atoms with van der Waals surface area (Å²) in [4.78, 5) is 35.9. The van der Waals surface area contributed by atoms with Gasteiger partial charge in [-0.3, -0.25) is 19.6 Å². The highest BCUT2D eigenvalue weighted by Crippen LogP contribution is 2.40. The van der Waals surface area contributed by atoms with Crippen molar-refractivity contribution < 1.29 is 19.4 Å². The standard InChI is InChI=1S/C29H23N3O4/c33-27(23-8-10-24(11-9-23)36-19-20-5-2-1-3-6-20)25-26(22-12-15-30-16-13-22)32(29(35)28(25)34)18-21-7-4-14-31-17-21/h1-17,26,33H,18-19H2/b27-25+/t26-/m0/s1. The third-order valence-electron chi connectivity index (χ3n) is 6.01. The van der Waals surface area contributed by atoms with Crippen LogP contribution in [0.2, 0.25) is 0 Å². The Bertz CT molecular complexity index is 1390. The molecular weight excluding hydrogens is 454 g/mol. The number of carbonyl (C=O) groups is 2. The summed E-state index contributed by atoms with van der Waals surface area (Å²) in [5, 5.41) is 11.2. The number of rotatable bonds is 7. The number of Topliss-reactive ketones (excluding diaryl/α,β-unsaturated/α-hetero) is 1. The molecule has 0 saturated carbocycles. The second-order valence-corrected chi connectivity index (χ2v) is 8.37. The van der Waals surface area contributed by atoms with E-state index in [2.05, 4.69) is 9.97 Å². The zero-order chi connectivity index (χ0) is 24.9. The van der Waals surface area contributed by atoms with Crippen LogP contribution in [-0.2, 0) is 22.7 Å². The number of benzene rings is 2. The summed E-state index contributed by atoms with van der Waals surface area (Å²) in [5.74, 6) is -1.02. The van der Waals surface area contributed by atoms with Gasteiger partial charge in [0.15, 0.2) is 0 Å². The van der Waals surface area contributed by atoms with Gasteiger partial charge >= 0.3 is 0 Å². The molecule has 0 bridgehead atoms. The molecule has 36 heavy (non-hydrogen) atoms. The van der Waals surface area contributed by atoms with Crippen molar-refractivity contribution >= 4 is 17.4 Å². The Morgan fingerprint density at radius 1 is 0.833 bits per heavy atom. The zero-order valence-electron chi connectivity index (χ0n) is 19.3. The number of carbonyl (C=O) groups excluding carboxylic acids is 2. The van der Waals surface area contributed by atoms with Crippen molar-refractivity contribution in [1.29, 1.82) is 0 Å². The minimum absolute atomic E-state index is 0.0352. The molecule has 3 heterocycles. The van der Waals surface area contributed by atoms with E-state index >= 15 is 0 Å². The molecule has 4 aromatic rings. The van der Waals surface area contributed by atoms with Crippen molar-refractivity contribution in [2.24, 2.45) is 0 Å². The first-order chi connectivity index (χ1) is 17.6. The monoisotopic (exact) mass is 477 g/mol. The normalized spacial score (nSPS) is 16.8. The van der Waals surface area contributed by atoms with Crippen LogP contribution in [0.5, 0.6) is 5.75 Å². The van der Waals surface area contributed by atoms with Crippen molar-refractivity contribution in [2.75, 3.05) is 0 Å². The van der Waals surface area contributed by atoms with Crippen LogP contribution in [0, 0.1) is 0 Å². The fourth-order valence-corrected chi connectivity index (χ4v) is 4.23. The minimum atomic E-state index is -0.762. The number of nitrogens with zero attached hydrogens (tertiary/aromatic N) is 3. The van der Waals surface area contributed by atoms with Gasteiger partial charge in [0.05, 0.1) is 11.6 Å². The number of aliphatic hydroxyl groups excluding tert-OH is 1. The maximum atomic E-state index is 13.2. The summed E-state index contributed by atoms with van der Waals surface area (Å²) in [6.07, 6.45) is 6.49. The quantitative estimate of drug-likeness (QED) is 0.236. The lowest BCUT2D eigenvalue weighted by Gasteiger charge is -2.25. The molecule has 1 aliphatic heterocycles. The molecule has 1 saturated heterocycles. The van der Waals surface area contributed by atoms with E-state index in [4.69, 9.17) is 4.74 Å². The third kappa shape index (κ3) is 4.72. The van der Waals surface area contributed by atoms with E-state index in [0.29, 0.717) is 23.5 Å². The molecule has 1 aliphatic rings. The Balaban J connectivity index is 1.47. The first-order valence-electron chi connectivity index (χ1n) is 11.5. The van der Waals surface area contributed by atoms with Gasteiger partial charge in [0, 0.05) is 36.9 Å². The molecule has 1 amide bonds. The van der Waals surface area contributed by atoms with Gasteiger partial charge in [-0.25, -0.2) is 0 Å². The highest BCUT2D eigenvalue weighted by molar-refractivity contribution is 6.46. The lowest BCUT2D eigenvalue weighted by molar-refractivity contribution is -0.140. The molecule has 0 unspecified atom stereocenters. The maximum Gasteiger partial charge on any atom is 0.295 e. The second kappa shape index (κ2) is 10.2. The fourth-order valence-electron chi connectivity index (χ4n) is 4.23. The summed E-state index contributed by atoms with van der Waals surface area (Å²) in [7, 11) is 0. The Labute approximate surface area is 208 Å². The second-order valence-electron chi connectivity index (χ2n) is 8.37. The number of likely N-dealkylation sites (tertiary alicyclic amines) is 1. The topological polar surface area (TPSA) is 92.6 Å². The first-order valence-corrected chi connectivity index (χ1v) is 11.5. The predicted molar refractivity (Wildman–Crippen MR) is 134 cm³/mol. The van der Waals surface area contributed by atoms with E-state index in [-0.39, 0.29) is 17.9 Å². The SMILES string of the molecule is O=C1C(=O)N(Cc2cccnc2)[C@@H](c2ccncc2)/C1=C(\O)c1ccc(OCc2ccccc2)cc1. The summed E-state index contributed by atoms with van der Waals surface area (Å²) < 4.78 is 5.82. The van der Waals surface area contributed by atoms with Crippen molar-refractivity contribution in [1.82, 2.24) is 14.9 Å². The molecule has 7 heteroatoms. The summed E-state index contributed by atoms with van der Waals surface area (Å²) in [5.41, 5.74) is 2.94. The Kier molecular flexibility index (Phi) is 6.53. The van der Waals surface area contributed by atoms with E-state index < -0.39 is 17.7 Å². The van der Waals surface area contributed by atoms with Crippen molar-refractivity contribution in [3.05, 3.63) is 131 Å². The molecule has 7 nitrogen and oxygen atoms in total. The predicted octanol–water partition coefficient (Wildman–Crippen LogP) is 4.68. The number of aliphatic hydroxyl groups is 1. The summed E-state index contributed by atoms with van der Waals surface area (Å²) in [6, 6.07) is 22.9. The van der Waals surface area contributed by atoms with Crippen LogP contribution >= 0.6 is 0 Å². The van der Waals surface area contributed by atoms with Gasteiger partial charge in [-0.1, -0.05) is 36.4 Å². The number of ether oxygens (including phenoxy) is 1. The number of ketones is 1. The minimum Gasteiger partial charge on any atom is -0.507 e. The number of hydrogen-bond acceptors (Lipinski definition) is 6. The number of pyridine rings is 2. The average molecular weight is 478 g/mol. The molecule has 2 aromatic heterocycles. The number of hydrogen-bond donors (Lipinski definition) is 1. The van der Waals surface area contributed by atoms with E-state index in [1.54, 1.807) is 67.3 Å². The molecule has 0 radical (unpaired) electrons. The van der Waals surface area contributed by atoms with Gasteiger partial charge in [-0.15, -0.1) is 0 Å². The van der Waals surface area contributed by atoms with Gasteiger partial charge in [0.1, 0.15) is 18.1 Å². The molecule has 1 fully saturated rings. The Hall–Kier alpha value is -4.78. The van der Waals surface area contributed by atoms with Gasteiger partial charge in [0.2, 0.25) is 0 Å². The van der Waals surface area contributed by atoms with Gasteiger partial charge in [0.25, 0.3) is 11.7 Å². The van der Waals surface area contributed by atoms with Crippen LogP contribution in [0.15, 0.2) is 109 Å². The van der Waals surface area contributed by atoms with Crippen molar-refractivity contribution in [2.45, 2.75) is 19.2 Å². The smallest absolute Gasteiger partial charge is 0.295 e. The largest absolute Gasteiger partial charge is 0.507 e. The summed E-state index contributed by atoms with van der Waals surface area (Å²) in [6.45, 7) is 0.585. The van der Waals surface area contributed by atoms with Crippen LogP contribution in [0.4, 0.5) is 0 Å². The molecular formula is C29H23N3O4. The van der Waals surface area contributed by atoms with E-state index in [9.17, 15) is 14.7 Å². The van der Waals surface area contributed by atoms with Crippen molar-refractivity contribution in [3.8, 4) is 5.75 Å². The fraction of sp³-hybridized carbons (Fsp3) is 0.103. The number of aromatic nitrogens is 2. The first kappa shape index (κ1) is 23.0. The Morgan fingerprint density at radius 3 is 2.25 bits per heavy atom. The molecule has 0 spiro atoms. The lowest BCUT2D eigenvalue weighted by atomic mass is 9.96. The molecule has 5 rings (SSSR count).